The van der Waals surface area contributed by atoms with Gasteiger partial charge in [-0.3, -0.25) is 4.79 Å². The minimum absolute atomic E-state index is 0.0789. The second-order valence-electron chi connectivity index (χ2n) is 6.68. The maximum Gasteiger partial charge on any atom is 0.416 e. The number of alkyl halides is 3. The molecule has 0 radical (unpaired) electrons. The van der Waals surface area contributed by atoms with Gasteiger partial charge in [-0.05, 0) is 31.0 Å². The van der Waals surface area contributed by atoms with Gasteiger partial charge >= 0.3 is 6.18 Å². The molecule has 1 unspecified atom stereocenters. The predicted molar refractivity (Wildman–Crippen MR) is 83.1 cm³/mol. The number of halogens is 3. The first-order chi connectivity index (χ1) is 10.7. The van der Waals surface area contributed by atoms with Crippen molar-refractivity contribution in [3.8, 4) is 0 Å². The Bertz CT molecular complexity index is 549. The van der Waals surface area contributed by atoms with Crippen LogP contribution in [0.3, 0.4) is 0 Å². The van der Waals surface area contributed by atoms with Crippen molar-refractivity contribution < 1.29 is 18.0 Å². The molecule has 1 saturated heterocycles. The zero-order valence-corrected chi connectivity index (χ0v) is 13.5. The zero-order valence-electron chi connectivity index (χ0n) is 13.5. The van der Waals surface area contributed by atoms with Gasteiger partial charge in [-0.2, -0.15) is 13.2 Å². The maximum atomic E-state index is 12.8. The highest BCUT2D eigenvalue weighted by molar-refractivity contribution is 5.81. The summed E-state index contributed by atoms with van der Waals surface area (Å²) in [6.07, 6.45) is -1.47. The number of amides is 1. The van der Waals surface area contributed by atoms with Crippen molar-refractivity contribution in [2.45, 2.75) is 50.7 Å². The van der Waals surface area contributed by atoms with E-state index in [0.717, 1.165) is 37.9 Å². The lowest BCUT2D eigenvalue weighted by Crippen LogP contribution is -2.49. The quantitative estimate of drug-likeness (QED) is 0.891. The molecule has 1 aliphatic rings. The number of carbonyl (C=O) groups is 1. The van der Waals surface area contributed by atoms with Crippen LogP contribution in [0.15, 0.2) is 24.3 Å². The Hall–Kier alpha value is -1.56. The lowest BCUT2D eigenvalue weighted by Gasteiger charge is -2.29. The fourth-order valence-corrected chi connectivity index (χ4v) is 2.73. The van der Waals surface area contributed by atoms with Crippen molar-refractivity contribution in [1.29, 1.82) is 0 Å². The van der Waals surface area contributed by atoms with Crippen LogP contribution in [-0.4, -0.2) is 25.0 Å². The summed E-state index contributed by atoms with van der Waals surface area (Å²) in [6.45, 7) is 4.79. The molecule has 6 heteroatoms. The molecule has 128 valence electrons. The monoisotopic (exact) mass is 328 g/mol. The van der Waals surface area contributed by atoms with Crippen LogP contribution in [0.2, 0.25) is 0 Å². The summed E-state index contributed by atoms with van der Waals surface area (Å²) in [5, 5.41) is 6.03. The maximum absolute atomic E-state index is 12.8. The van der Waals surface area contributed by atoms with E-state index in [1.165, 1.54) is 6.07 Å². The minimum atomic E-state index is -4.36. The summed E-state index contributed by atoms with van der Waals surface area (Å²) in [7, 11) is 0. The van der Waals surface area contributed by atoms with Crippen LogP contribution in [0.25, 0.3) is 0 Å². The lowest BCUT2D eigenvalue weighted by molar-refractivity contribution is -0.137. The number of nitrogens with one attached hydrogen (secondary N) is 2. The topological polar surface area (TPSA) is 41.1 Å². The van der Waals surface area contributed by atoms with Gasteiger partial charge in [0.15, 0.2) is 0 Å². The SMILES string of the molecule is CC(C)(CNC(=O)C1CCCCN1)c1cccc(C(F)(F)F)c1. The Morgan fingerprint density at radius 3 is 2.57 bits per heavy atom. The molecule has 0 saturated carbocycles. The van der Waals surface area contributed by atoms with Gasteiger partial charge < -0.3 is 10.6 Å². The van der Waals surface area contributed by atoms with Crippen molar-refractivity contribution in [3.05, 3.63) is 35.4 Å². The van der Waals surface area contributed by atoms with Crippen molar-refractivity contribution in [2.75, 3.05) is 13.1 Å². The summed E-state index contributed by atoms with van der Waals surface area (Å²) in [6, 6.07) is 5.10. The zero-order chi connectivity index (χ0) is 17.1. The number of hydrogen-bond acceptors (Lipinski definition) is 2. The summed E-state index contributed by atoms with van der Waals surface area (Å²) < 4.78 is 38.5. The Morgan fingerprint density at radius 1 is 1.26 bits per heavy atom. The normalized spacial score (nSPS) is 19.4. The van der Waals surface area contributed by atoms with Crippen molar-refractivity contribution in [2.24, 2.45) is 0 Å². The second-order valence-corrected chi connectivity index (χ2v) is 6.68. The third-order valence-corrected chi connectivity index (χ3v) is 4.30. The number of hydrogen-bond donors (Lipinski definition) is 2. The molecule has 0 spiro atoms. The van der Waals surface area contributed by atoms with E-state index >= 15 is 0 Å². The van der Waals surface area contributed by atoms with Crippen molar-refractivity contribution in [1.82, 2.24) is 10.6 Å². The van der Waals surface area contributed by atoms with Crippen LogP contribution in [0.1, 0.15) is 44.2 Å². The molecule has 1 aromatic carbocycles. The Balaban J connectivity index is 2.02. The van der Waals surface area contributed by atoms with Crippen molar-refractivity contribution >= 4 is 5.91 Å². The highest BCUT2D eigenvalue weighted by atomic mass is 19.4. The molecule has 2 N–H and O–H groups in total. The molecular weight excluding hydrogens is 305 g/mol. The molecule has 0 aliphatic carbocycles. The van der Waals surface area contributed by atoms with Crippen LogP contribution < -0.4 is 10.6 Å². The van der Waals surface area contributed by atoms with Crippen molar-refractivity contribution in [3.63, 3.8) is 0 Å². The fraction of sp³-hybridized carbons (Fsp3) is 0.588. The van der Waals surface area contributed by atoms with E-state index in [4.69, 9.17) is 0 Å². The summed E-state index contributed by atoms with van der Waals surface area (Å²) >= 11 is 0. The first-order valence-electron chi connectivity index (χ1n) is 7.89. The van der Waals surface area contributed by atoms with Gasteiger partial charge in [0.1, 0.15) is 0 Å². The van der Waals surface area contributed by atoms with E-state index in [1.54, 1.807) is 6.07 Å². The molecule has 1 amide bonds. The van der Waals surface area contributed by atoms with Gasteiger partial charge in [0.25, 0.3) is 0 Å². The molecule has 1 heterocycles. The van der Waals surface area contributed by atoms with Crippen LogP contribution >= 0.6 is 0 Å². The number of piperidine rings is 1. The minimum Gasteiger partial charge on any atom is -0.354 e. The van der Waals surface area contributed by atoms with E-state index < -0.39 is 17.2 Å². The average Bonchev–Trinajstić information content (AvgIpc) is 2.53. The molecular formula is C17H23F3N2O. The highest BCUT2D eigenvalue weighted by Gasteiger charge is 2.32. The number of benzene rings is 1. The molecule has 2 rings (SSSR count). The first kappa shape index (κ1) is 17.8. The molecule has 1 fully saturated rings. The molecule has 3 nitrogen and oxygen atoms in total. The Labute approximate surface area is 134 Å². The van der Waals surface area contributed by atoms with E-state index in [2.05, 4.69) is 10.6 Å². The largest absolute Gasteiger partial charge is 0.416 e. The molecule has 1 aliphatic heterocycles. The van der Waals surface area contributed by atoms with Crippen LogP contribution in [0.4, 0.5) is 13.2 Å². The standard InChI is InChI=1S/C17H23F3N2O/c1-16(2,11-22-15(23)14-8-3-4-9-21-14)12-6-5-7-13(10-12)17(18,19)20/h5-7,10,14,21H,3-4,8-9,11H2,1-2H3,(H,22,23). The third-order valence-electron chi connectivity index (χ3n) is 4.30. The van der Waals surface area contributed by atoms with Gasteiger partial charge in [-0.25, -0.2) is 0 Å². The predicted octanol–water partition coefficient (Wildman–Crippen LogP) is 3.24. The summed E-state index contributed by atoms with van der Waals surface area (Å²) in [4.78, 5) is 12.1. The smallest absolute Gasteiger partial charge is 0.354 e. The first-order valence-corrected chi connectivity index (χ1v) is 7.89. The molecule has 23 heavy (non-hydrogen) atoms. The van der Waals surface area contributed by atoms with E-state index in [-0.39, 0.29) is 11.9 Å². The van der Waals surface area contributed by atoms with Gasteiger partial charge in [0.2, 0.25) is 5.91 Å². The number of rotatable bonds is 4. The molecule has 1 aromatic rings. The second kappa shape index (κ2) is 6.91. The van der Waals surface area contributed by atoms with E-state index in [0.29, 0.717) is 12.1 Å². The Morgan fingerprint density at radius 2 is 1.96 bits per heavy atom. The van der Waals surface area contributed by atoms with Gasteiger partial charge in [-0.15, -0.1) is 0 Å². The van der Waals surface area contributed by atoms with E-state index in [9.17, 15) is 18.0 Å². The number of carbonyl (C=O) groups excluding carboxylic acids is 1. The molecule has 0 bridgehead atoms. The van der Waals surface area contributed by atoms with Crippen LogP contribution in [-0.2, 0) is 16.4 Å². The van der Waals surface area contributed by atoms with E-state index in [1.807, 2.05) is 13.8 Å². The summed E-state index contributed by atoms with van der Waals surface area (Å²) in [5.41, 5.74) is -0.682. The van der Waals surface area contributed by atoms with Crippen LogP contribution in [0, 0.1) is 0 Å². The molecule has 0 aromatic heterocycles. The fourth-order valence-electron chi connectivity index (χ4n) is 2.73. The van der Waals surface area contributed by atoms with Gasteiger partial charge in [0.05, 0.1) is 11.6 Å². The highest BCUT2D eigenvalue weighted by Crippen LogP contribution is 2.32. The van der Waals surface area contributed by atoms with Gasteiger partial charge in [-0.1, -0.05) is 38.5 Å². The average molecular weight is 328 g/mol. The third kappa shape index (κ3) is 4.70. The van der Waals surface area contributed by atoms with Crippen LogP contribution in [0.5, 0.6) is 0 Å². The molecule has 1 atom stereocenters. The lowest BCUT2D eigenvalue weighted by atomic mass is 9.83. The van der Waals surface area contributed by atoms with Gasteiger partial charge in [0, 0.05) is 12.0 Å². The summed E-state index contributed by atoms with van der Waals surface area (Å²) in [5.74, 6) is -0.0789. The Kier molecular flexibility index (Phi) is 5.34.